The lowest BCUT2D eigenvalue weighted by Gasteiger charge is -1.94. The van der Waals surface area contributed by atoms with Crippen molar-refractivity contribution in [1.82, 2.24) is 4.98 Å². The third-order valence-corrected chi connectivity index (χ3v) is 2.57. The summed E-state index contributed by atoms with van der Waals surface area (Å²) in [5, 5.41) is 0.0839. The van der Waals surface area contributed by atoms with Crippen LogP contribution in [-0.2, 0) is 4.79 Å². The van der Waals surface area contributed by atoms with Crippen LogP contribution in [0, 0.1) is 11.8 Å². The van der Waals surface area contributed by atoms with Crippen LogP contribution in [0.2, 0.25) is 0 Å². The minimum atomic E-state index is -0.569. The zero-order valence-corrected chi connectivity index (χ0v) is 10.2. The summed E-state index contributed by atoms with van der Waals surface area (Å²) in [7, 11) is 0. The van der Waals surface area contributed by atoms with Gasteiger partial charge in [-0.2, -0.15) is 0 Å². The lowest BCUT2D eigenvalue weighted by Crippen LogP contribution is -2.13. The van der Waals surface area contributed by atoms with E-state index < -0.39 is 5.91 Å². The maximum absolute atomic E-state index is 10.9. The molecule has 0 saturated carbocycles. The van der Waals surface area contributed by atoms with Gasteiger partial charge in [0.05, 0.1) is 0 Å². The molecule has 4 nitrogen and oxygen atoms in total. The first-order valence-corrected chi connectivity index (χ1v) is 5.97. The normalized spacial score (nSPS) is 9.24. The number of pyridine rings is 1. The summed E-state index contributed by atoms with van der Waals surface area (Å²) in [5.41, 5.74) is 5.81. The number of hydrogen-bond donors (Lipinski definition) is 1. The molecule has 0 atom stereocenters. The van der Waals surface area contributed by atoms with Crippen LogP contribution in [-0.4, -0.2) is 21.8 Å². The number of rotatable bonds is 3. The molecular formula is C12H12N2O2S. The van der Waals surface area contributed by atoms with Crippen molar-refractivity contribution in [2.24, 2.45) is 5.73 Å². The van der Waals surface area contributed by atoms with Gasteiger partial charge in [0.15, 0.2) is 5.12 Å². The second kappa shape index (κ2) is 6.71. The largest absolute Gasteiger partial charge is 0.364 e. The number of primary amides is 1. The third-order valence-electron chi connectivity index (χ3n) is 1.75. The van der Waals surface area contributed by atoms with E-state index in [9.17, 15) is 9.59 Å². The SMILES string of the molecule is CC(=O)SCCC#Cc1cccc(C(N)=O)n1. The molecule has 0 aliphatic rings. The maximum Gasteiger partial charge on any atom is 0.267 e. The van der Waals surface area contributed by atoms with Gasteiger partial charge in [0.1, 0.15) is 11.4 Å². The van der Waals surface area contributed by atoms with E-state index in [0.29, 0.717) is 17.9 Å². The Bertz CT molecular complexity index is 489. The zero-order chi connectivity index (χ0) is 12.7. The highest BCUT2D eigenvalue weighted by atomic mass is 32.2. The molecule has 1 rings (SSSR count). The van der Waals surface area contributed by atoms with Gasteiger partial charge in [-0.15, -0.1) is 0 Å². The van der Waals surface area contributed by atoms with E-state index >= 15 is 0 Å². The van der Waals surface area contributed by atoms with Crippen LogP contribution in [0.25, 0.3) is 0 Å². The van der Waals surface area contributed by atoms with E-state index in [1.165, 1.54) is 18.7 Å². The van der Waals surface area contributed by atoms with Gasteiger partial charge in [-0.1, -0.05) is 23.7 Å². The lowest BCUT2D eigenvalue weighted by atomic mass is 10.3. The summed E-state index contributed by atoms with van der Waals surface area (Å²) in [5.74, 6) is 5.80. The molecule has 0 bridgehead atoms. The number of aromatic nitrogens is 1. The molecule has 0 spiro atoms. The van der Waals surface area contributed by atoms with Gasteiger partial charge in [0, 0.05) is 19.1 Å². The van der Waals surface area contributed by atoms with Crippen molar-refractivity contribution in [1.29, 1.82) is 0 Å². The van der Waals surface area contributed by atoms with Crippen molar-refractivity contribution in [3.63, 3.8) is 0 Å². The molecule has 0 fully saturated rings. The predicted octanol–water partition coefficient (Wildman–Crippen LogP) is 1.20. The van der Waals surface area contributed by atoms with E-state index in [0.717, 1.165) is 0 Å². The average molecular weight is 248 g/mol. The molecule has 0 radical (unpaired) electrons. The number of thioether (sulfide) groups is 1. The van der Waals surface area contributed by atoms with E-state index in [4.69, 9.17) is 5.73 Å². The van der Waals surface area contributed by atoms with Crippen LogP contribution >= 0.6 is 11.8 Å². The Balaban J connectivity index is 2.56. The predicted molar refractivity (Wildman–Crippen MR) is 67.4 cm³/mol. The summed E-state index contributed by atoms with van der Waals surface area (Å²) in [6.45, 7) is 1.52. The number of nitrogens with two attached hydrogens (primary N) is 1. The van der Waals surface area contributed by atoms with Crippen LogP contribution in [0.3, 0.4) is 0 Å². The first-order chi connectivity index (χ1) is 8.09. The second-order valence-corrected chi connectivity index (χ2v) is 4.44. The van der Waals surface area contributed by atoms with Gasteiger partial charge in [-0.3, -0.25) is 9.59 Å². The zero-order valence-electron chi connectivity index (χ0n) is 9.40. The monoisotopic (exact) mass is 248 g/mol. The number of nitrogens with zero attached hydrogens (tertiary/aromatic N) is 1. The van der Waals surface area contributed by atoms with Crippen molar-refractivity contribution in [3.05, 3.63) is 29.6 Å². The molecule has 88 valence electrons. The minimum absolute atomic E-state index is 0.0839. The van der Waals surface area contributed by atoms with Crippen molar-refractivity contribution in [3.8, 4) is 11.8 Å². The van der Waals surface area contributed by atoms with Crippen molar-refractivity contribution in [2.45, 2.75) is 13.3 Å². The Morgan fingerprint density at radius 2 is 2.24 bits per heavy atom. The Morgan fingerprint density at radius 1 is 1.47 bits per heavy atom. The molecule has 17 heavy (non-hydrogen) atoms. The van der Waals surface area contributed by atoms with Gasteiger partial charge in [0.2, 0.25) is 0 Å². The minimum Gasteiger partial charge on any atom is -0.364 e. The first-order valence-electron chi connectivity index (χ1n) is 4.98. The number of carbonyl (C=O) groups excluding carboxylic acids is 2. The van der Waals surface area contributed by atoms with Crippen molar-refractivity contribution < 1.29 is 9.59 Å². The van der Waals surface area contributed by atoms with Crippen LogP contribution in [0.5, 0.6) is 0 Å². The van der Waals surface area contributed by atoms with Crippen molar-refractivity contribution in [2.75, 3.05) is 5.75 Å². The molecule has 1 amide bonds. The van der Waals surface area contributed by atoms with E-state index in [2.05, 4.69) is 16.8 Å². The summed E-state index contributed by atoms with van der Waals surface area (Å²) in [4.78, 5) is 25.5. The van der Waals surface area contributed by atoms with Gasteiger partial charge >= 0.3 is 0 Å². The quantitative estimate of drug-likeness (QED) is 0.644. The molecule has 1 heterocycles. The van der Waals surface area contributed by atoms with Crippen LogP contribution in [0.15, 0.2) is 18.2 Å². The molecule has 0 unspecified atom stereocenters. The summed E-state index contributed by atoms with van der Waals surface area (Å²) >= 11 is 1.24. The molecular weight excluding hydrogens is 236 g/mol. The second-order valence-electron chi connectivity index (χ2n) is 3.16. The van der Waals surface area contributed by atoms with Gasteiger partial charge in [-0.25, -0.2) is 4.98 Å². The highest BCUT2D eigenvalue weighted by Crippen LogP contribution is 2.02. The summed E-state index contributed by atoms with van der Waals surface area (Å²) < 4.78 is 0. The molecule has 0 aliphatic carbocycles. The fraction of sp³-hybridized carbons (Fsp3) is 0.250. The standard InChI is InChI=1S/C12H12N2O2S/c1-9(15)17-8-3-2-5-10-6-4-7-11(14-10)12(13)16/h4,6-7H,3,8H2,1H3,(H2,13,16). The molecule has 1 aromatic heterocycles. The van der Waals surface area contributed by atoms with E-state index in [-0.39, 0.29) is 10.8 Å². The van der Waals surface area contributed by atoms with E-state index in [1.807, 2.05) is 0 Å². The number of hydrogen-bond acceptors (Lipinski definition) is 4. The number of carbonyl (C=O) groups is 2. The van der Waals surface area contributed by atoms with Crippen LogP contribution in [0.4, 0.5) is 0 Å². The van der Waals surface area contributed by atoms with Gasteiger partial charge in [0.25, 0.3) is 5.91 Å². The fourth-order valence-corrected chi connectivity index (χ4v) is 1.53. The molecule has 5 heteroatoms. The third kappa shape index (κ3) is 5.18. The maximum atomic E-state index is 10.9. The number of amides is 1. The summed E-state index contributed by atoms with van der Waals surface area (Å²) in [6, 6.07) is 4.93. The van der Waals surface area contributed by atoms with Crippen LogP contribution < -0.4 is 5.73 Å². The molecule has 0 aliphatic heterocycles. The Labute approximate surface area is 104 Å². The molecule has 0 saturated heterocycles. The Morgan fingerprint density at radius 3 is 2.88 bits per heavy atom. The smallest absolute Gasteiger partial charge is 0.267 e. The fourth-order valence-electron chi connectivity index (χ4n) is 1.04. The Hall–Kier alpha value is -1.80. The highest BCUT2D eigenvalue weighted by Gasteiger charge is 2.00. The Kier molecular flexibility index (Phi) is 5.24. The molecule has 1 aromatic rings. The van der Waals surface area contributed by atoms with Gasteiger partial charge < -0.3 is 5.73 Å². The van der Waals surface area contributed by atoms with Crippen LogP contribution in [0.1, 0.15) is 29.5 Å². The van der Waals surface area contributed by atoms with Crippen molar-refractivity contribution >= 4 is 22.8 Å². The molecule has 2 N–H and O–H groups in total. The van der Waals surface area contributed by atoms with E-state index in [1.54, 1.807) is 18.2 Å². The first kappa shape index (κ1) is 13.3. The summed E-state index contributed by atoms with van der Waals surface area (Å²) in [6.07, 6.45) is 0.604. The lowest BCUT2D eigenvalue weighted by molar-refractivity contribution is -0.109. The highest BCUT2D eigenvalue weighted by molar-refractivity contribution is 8.13. The molecule has 0 aromatic carbocycles. The average Bonchev–Trinajstić information content (AvgIpc) is 2.28. The topological polar surface area (TPSA) is 73.1 Å². The van der Waals surface area contributed by atoms with Gasteiger partial charge in [-0.05, 0) is 18.1 Å².